The molecule has 1 heterocycles. The largest absolute Gasteiger partial charge is 0.467 e. The Hall–Kier alpha value is -1.10. The summed E-state index contributed by atoms with van der Waals surface area (Å²) >= 11 is 0. The number of esters is 1. The van der Waals surface area contributed by atoms with E-state index in [2.05, 4.69) is 10.6 Å². The number of carbonyl (C=O) groups excluding carboxylic acids is 2. The van der Waals surface area contributed by atoms with E-state index >= 15 is 0 Å². The van der Waals surface area contributed by atoms with Gasteiger partial charge in [-0.2, -0.15) is 0 Å². The predicted molar refractivity (Wildman–Crippen MR) is 71.5 cm³/mol. The van der Waals surface area contributed by atoms with Crippen molar-refractivity contribution in [3.63, 3.8) is 0 Å². The van der Waals surface area contributed by atoms with Crippen LogP contribution in [0.2, 0.25) is 0 Å². The molecule has 1 aliphatic carbocycles. The number of hydrogen-bond donors (Lipinski definition) is 2. The molecule has 2 atom stereocenters. The monoisotopic (exact) mass is 268 g/mol. The number of rotatable bonds is 4. The van der Waals surface area contributed by atoms with Crippen LogP contribution >= 0.6 is 0 Å². The van der Waals surface area contributed by atoms with Crippen LogP contribution in [-0.2, 0) is 14.3 Å². The first-order valence-electron chi connectivity index (χ1n) is 7.08. The van der Waals surface area contributed by atoms with E-state index in [1.807, 2.05) is 6.92 Å². The third-order valence-corrected chi connectivity index (χ3v) is 4.85. The van der Waals surface area contributed by atoms with Crippen molar-refractivity contribution >= 4 is 11.9 Å². The highest BCUT2D eigenvalue weighted by molar-refractivity contribution is 5.90. The maximum Gasteiger partial charge on any atom is 0.331 e. The van der Waals surface area contributed by atoms with Gasteiger partial charge in [-0.05, 0) is 51.1 Å². The number of hydrogen-bond acceptors (Lipinski definition) is 4. The molecule has 2 fully saturated rings. The molecule has 0 aromatic rings. The minimum atomic E-state index is -0.900. The Bertz CT molecular complexity index is 377. The lowest BCUT2D eigenvalue weighted by atomic mass is 9.91. The first-order valence-corrected chi connectivity index (χ1v) is 7.08. The van der Waals surface area contributed by atoms with E-state index in [0.29, 0.717) is 6.42 Å². The average Bonchev–Trinajstić information content (AvgIpc) is 3.12. The fourth-order valence-corrected chi connectivity index (χ4v) is 3.06. The van der Waals surface area contributed by atoms with Gasteiger partial charge < -0.3 is 15.4 Å². The highest BCUT2D eigenvalue weighted by atomic mass is 16.5. The lowest BCUT2D eigenvalue weighted by Crippen LogP contribution is -2.53. The molecule has 1 saturated heterocycles. The molecule has 0 radical (unpaired) electrons. The van der Waals surface area contributed by atoms with E-state index in [1.165, 1.54) is 7.11 Å². The Morgan fingerprint density at radius 3 is 2.58 bits per heavy atom. The molecule has 2 N–H and O–H groups in total. The number of carbonyl (C=O) groups is 2. The van der Waals surface area contributed by atoms with E-state index in [-0.39, 0.29) is 23.2 Å². The molecule has 2 rings (SSSR count). The van der Waals surface area contributed by atoms with Crippen molar-refractivity contribution in [3.05, 3.63) is 0 Å². The summed E-state index contributed by atoms with van der Waals surface area (Å²) in [6.07, 6.45) is 3.62. The van der Waals surface area contributed by atoms with Crippen LogP contribution in [0, 0.1) is 11.3 Å². The quantitative estimate of drug-likeness (QED) is 0.741. The number of nitrogens with one attached hydrogen (secondary N) is 2. The zero-order valence-electron chi connectivity index (χ0n) is 12.0. The van der Waals surface area contributed by atoms with Crippen LogP contribution in [0.25, 0.3) is 0 Å². The minimum Gasteiger partial charge on any atom is -0.467 e. The SMILES string of the molecule is CCC(C)(NC(=O)C1CC12CCNCC2)C(=O)OC. The zero-order valence-corrected chi connectivity index (χ0v) is 12.0. The molecule has 1 amide bonds. The smallest absolute Gasteiger partial charge is 0.331 e. The van der Waals surface area contributed by atoms with Gasteiger partial charge in [0.15, 0.2) is 0 Å². The van der Waals surface area contributed by atoms with Gasteiger partial charge in [-0.3, -0.25) is 4.79 Å². The summed E-state index contributed by atoms with van der Waals surface area (Å²) in [6.45, 7) is 5.59. The van der Waals surface area contributed by atoms with Crippen LogP contribution < -0.4 is 10.6 Å². The third-order valence-electron chi connectivity index (χ3n) is 4.85. The topological polar surface area (TPSA) is 67.4 Å². The number of piperidine rings is 1. The van der Waals surface area contributed by atoms with Crippen molar-refractivity contribution in [1.29, 1.82) is 0 Å². The van der Waals surface area contributed by atoms with Gasteiger partial charge >= 0.3 is 5.97 Å². The molecule has 2 unspecified atom stereocenters. The second-order valence-electron chi connectivity index (χ2n) is 6.04. The predicted octanol–water partition coefficient (Wildman–Crippen LogP) is 0.834. The molecule has 0 aromatic heterocycles. The van der Waals surface area contributed by atoms with Crippen LogP contribution in [0.15, 0.2) is 0 Å². The Balaban J connectivity index is 1.96. The van der Waals surface area contributed by atoms with Crippen LogP contribution in [-0.4, -0.2) is 37.6 Å². The number of methoxy groups -OCH3 is 1. The molecule has 5 heteroatoms. The summed E-state index contributed by atoms with van der Waals surface area (Å²) in [5.41, 5.74) is -0.706. The van der Waals surface area contributed by atoms with Gasteiger partial charge in [0, 0.05) is 5.92 Å². The second kappa shape index (κ2) is 5.12. The molecular formula is C14H24N2O3. The van der Waals surface area contributed by atoms with Gasteiger partial charge in [0.1, 0.15) is 5.54 Å². The second-order valence-corrected chi connectivity index (χ2v) is 6.04. The molecule has 5 nitrogen and oxygen atoms in total. The molecule has 19 heavy (non-hydrogen) atoms. The molecule has 1 saturated carbocycles. The van der Waals surface area contributed by atoms with Crippen molar-refractivity contribution in [2.45, 2.75) is 45.1 Å². The van der Waals surface area contributed by atoms with Crippen molar-refractivity contribution in [2.75, 3.05) is 20.2 Å². The molecule has 108 valence electrons. The molecule has 0 bridgehead atoms. The van der Waals surface area contributed by atoms with Gasteiger partial charge in [-0.25, -0.2) is 4.79 Å². The maximum atomic E-state index is 12.3. The summed E-state index contributed by atoms with van der Waals surface area (Å²) in [4.78, 5) is 24.1. The van der Waals surface area contributed by atoms with Crippen molar-refractivity contribution in [1.82, 2.24) is 10.6 Å². The molecule has 0 aromatic carbocycles. The van der Waals surface area contributed by atoms with E-state index in [1.54, 1.807) is 6.92 Å². The Labute approximate surface area is 114 Å². The lowest BCUT2D eigenvalue weighted by Gasteiger charge is -2.28. The first-order chi connectivity index (χ1) is 8.97. The van der Waals surface area contributed by atoms with E-state index in [4.69, 9.17) is 4.74 Å². The first kappa shape index (κ1) is 14.3. The standard InChI is InChI=1S/C14H24N2O3/c1-4-13(2,12(18)19-3)16-11(17)10-9-14(10)5-7-15-8-6-14/h10,15H,4-9H2,1-3H3,(H,16,17). The molecule has 1 spiro atoms. The van der Waals surface area contributed by atoms with E-state index in [9.17, 15) is 9.59 Å². The van der Waals surface area contributed by atoms with Crippen LogP contribution in [0.5, 0.6) is 0 Å². The van der Waals surface area contributed by atoms with E-state index < -0.39 is 5.54 Å². The lowest BCUT2D eigenvalue weighted by molar-refractivity contribution is -0.150. The van der Waals surface area contributed by atoms with Crippen LogP contribution in [0.3, 0.4) is 0 Å². The van der Waals surface area contributed by atoms with Crippen molar-refractivity contribution in [2.24, 2.45) is 11.3 Å². The average molecular weight is 268 g/mol. The maximum absolute atomic E-state index is 12.3. The zero-order chi connectivity index (χ0) is 14.1. The minimum absolute atomic E-state index is 0.0108. The van der Waals surface area contributed by atoms with Gasteiger partial charge in [0.05, 0.1) is 7.11 Å². The van der Waals surface area contributed by atoms with Gasteiger partial charge in [0.2, 0.25) is 5.91 Å². The summed E-state index contributed by atoms with van der Waals surface area (Å²) in [6, 6.07) is 0. The summed E-state index contributed by atoms with van der Waals surface area (Å²) in [5.74, 6) is -0.287. The summed E-state index contributed by atoms with van der Waals surface area (Å²) < 4.78 is 4.78. The molecule has 2 aliphatic rings. The number of amides is 1. The van der Waals surface area contributed by atoms with Crippen LogP contribution in [0.4, 0.5) is 0 Å². The van der Waals surface area contributed by atoms with Gasteiger partial charge in [0.25, 0.3) is 0 Å². The Morgan fingerprint density at radius 1 is 1.42 bits per heavy atom. The Morgan fingerprint density at radius 2 is 2.05 bits per heavy atom. The van der Waals surface area contributed by atoms with Crippen molar-refractivity contribution < 1.29 is 14.3 Å². The third kappa shape index (κ3) is 2.61. The normalized spacial score (nSPS) is 27.4. The number of ether oxygens (including phenoxy) is 1. The highest BCUT2D eigenvalue weighted by Crippen LogP contribution is 2.58. The molecule has 1 aliphatic heterocycles. The summed E-state index contributed by atoms with van der Waals surface area (Å²) in [5, 5.41) is 6.21. The van der Waals surface area contributed by atoms with Crippen molar-refractivity contribution in [3.8, 4) is 0 Å². The van der Waals surface area contributed by atoms with E-state index in [0.717, 1.165) is 32.4 Å². The summed E-state index contributed by atoms with van der Waals surface area (Å²) in [7, 11) is 1.35. The molecular weight excluding hydrogens is 244 g/mol. The fraction of sp³-hybridized carbons (Fsp3) is 0.857. The van der Waals surface area contributed by atoms with Gasteiger partial charge in [-0.15, -0.1) is 0 Å². The van der Waals surface area contributed by atoms with Gasteiger partial charge in [-0.1, -0.05) is 6.92 Å². The highest BCUT2D eigenvalue weighted by Gasteiger charge is 2.58. The fourth-order valence-electron chi connectivity index (χ4n) is 3.06. The van der Waals surface area contributed by atoms with Crippen LogP contribution in [0.1, 0.15) is 39.5 Å². The Kier molecular flexibility index (Phi) is 3.85.